The molecule has 82 valence electrons. The molecule has 0 spiro atoms. The van der Waals surface area contributed by atoms with Crippen LogP contribution < -0.4 is 0 Å². The van der Waals surface area contributed by atoms with E-state index in [1.54, 1.807) is 0 Å². The third-order valence-corrected chi connectivity index (χ3v) is 2.79. The van der Waals surface area contributed by atoms with Crippen molar-refractivity contribution < 1.29 is 13.2 Å². The van der Waals surface area contributed by atoms with E-state index in [1.165, 1.54) is 6.07 Å². The molecule has 0 unspecified atom stereocenters. The van der Waals surface area contributed by atoms with E-state index in [0.717, 1.165) is 11.6 Å². The van der Waals surface area contributed by atoms with Crippen molar-refractivity contribution in [3.05, 3.63) is 33.8 Å². The maximum Gasteiger partial charge on any atom is 0.417 e. The first kappa shape index (κ1) is 10.8. The largest absolute Gasteiger partial charge is 0.417 e. The molecule has 15 heavy (non-hydrogen) atoms. The first-order chi connectivity index (χ1) is 6.88. The van der Waals surface area contributed by atoms with E-state index < -0.39 is 11.7 Å². The standard InChI is InChI=1S/C10H9ClF3N/c1-15-4-6-2-8(10(12,13)14)9(11)3-7(6)5-15/h2-3H,4-5H2,1H3. The molecule has 0 radical (unpaired) electrons. The minimum absolute atomic E-state index is 0.212. The van der Waals surface area contributed by atoms with Crippen molar-refractivity contribution in [3.8, 4) is 0 Å². The van der Waals surface area contributed by atoms with E-state index in [1.807, 2.05) is 11.9 Å². The Hall–Kier alpha value is -0.740. The summed E-state index contributed by atoms with van der Waals surface area (Å²) in [5.74, 6) is 0. The summed E-state index contributed by atoms with van der Waals surface area (Å²) in [6.07, 6.45) is -4.37. The van der Waals surface area contributed by atoms with Crippen LogP contribution in [0.3, 0.4) is 0 Å². The molecule has 0 aromatic heterocycles. The summed E-state index contributed by atoms with van der Waals surface area (Å²) in [5.41, 5.74) is 0.864. The Kier molecular flexibility index (Phi) is 2.43. The molecule has 0 N–H and O–H groups in total. The number of nitrogens with zero attached hydrogens (tertiary/aromatic N) is 1. The minimum atomic E-state index is -4.37. The van der Waals surface area contributed by atoms with Crippen LogP contribution in [0.15, 0.2) is 12.1 Å². The lowest BCUT2D eigenvalue weighted by Crippen LogP contribution is -2.08. The molecule has 1 heterocycles. The fourth-order valence-electron chi connectivity index (χ4n) is 1.81. The normalized spacial score (nSPS) is 16.9. The molecular formula is C10H9ClF3N. The molecule has 0 saturated heterocycles. The van der Waals surface area contributed by atoms with Crippen LogP contribution in [0, 0.1) is 0 Å². The highest BCUT2D eigenvalue weighted by Gasteiger charge is 2.34. The molecule has 0 atom stereocenters. The number of hydrogen-bond donors (Lipinski definition) is 0. The molecule has 0 fully saturated rings. The SMILES string of the molecule is CN1Cc2cc(Cl)c(C(F)(F)F)cc2C1. The fourth-order valence-corrected chi connectivity index (χ4v) is 2.10. The molecular weight excluding hydrogens is 227 g/mol. The van der Waals surface area contributed by atoms with Crippen molar-refractivity contribution in [2.75, 3.05) is 7.05 Å². The first-order valence-corrected chi connectivity index (χ1v) is 4.83. The molecule has 0 bridgehead atoms. The Morgan fingerprint density at radius 2 is 1.73 bits per heavy atom. The second-order valence-electron chi connectivity index (χ2n) is 3.77. The lowest BCUT2D eigenvalue weighted by molar-refractivity contribution is -0.137. The number of hydrogen-bond acceptors (Lipinski definition) is 1. The van der Waals surface area contributed by atoms with Gasteiger partial charge in [-0.1, -0.05) is 11.6 Å². The third kappa shape index (κ3) is 1.96. The van der Waals surface area contributed by atoms with Gasteiger partial charge in [-0.05, 0) is 30.3 Å². The summed E-state index contributed by atoms with van der Waals surface area (Å²) >= 11 is 5.60. The highest BCUT2D eigenvalue weighted by molar-refractivity contribution is 6.31. The summed E-state index contributed by atoms with van der Waals surface area (Å²) in [7, 11) is 1.86. The van der Waals surface area contributed by atoms with E-state index in [-0.39, 0.29) is 5.02 Å². The molecule has 1 aliphatic heterocycles. The predicted octanol–water partition coefficient (Wildman–Crippen LogP) is 3.30. The lowest BCUT2D eigenvalue weighted by Gasteiger charge is -2.10. The van der Waals surface area contributed by atoms with Gasteiger partial charge in [-0.3, -0.25) is 4.90 Å². The molecule has 1 aliphatic rings. The van der Waals surface area contributed by atoms with Crippen LogP contribution in [-0.2, 0) is 19.3 Å². The van der Waals surface area contributed by atoms with Crippen molar-refractivity contribution in [2.45, 2.75) is 19.3 Å². The molecule has 1 nitrogen and oxygen atoms in total. The molecule has 5 heteroatoms. The number of benzene rings is 1. The van der Waals surface area contributed by atoms with Gasteiger partial charge in [0.25, 0.3) is 0 Å². The first-order valence-electron chi connectivity index (χ1n) is 4.45. The van der Waals surface area contributed by atoms with Gasteiger partial charge in [0.1, 0.15) is 0 Å². The second kappa shape index (κ2) is 3.39. The van der Waals surface area contributed by atoms with Crippen LogP contribution in [-0.4, -0.2) is 11.9 Å². The zero-order chi connectivity index (χ0) is 11.2. The summed E-state index contributed by atoms with van der Waals surface area (Å²) in [6.45, 7) is 1.21. The van der Waals surface area contributed by atoms with E-state index in [4.69, 9.17) is 11.6 Å². The highest BCUT2D eigenvalue weighted by atomic mass is 35.5. The van der Waals surface area contributed by atoms with Gasteiger partial charge in [-0.2, -0.15) is 13.2 Å². The van der Waals surface area contributed by atoms with E-state index in [9.17, 15) is 13.2 Å². The smallest absolute Gasteiger partial charge is 0.298 e. The zero-order valence-electron chi connectivity index (χ0n) is 8.03. The van der Waals surface area contributed by atoms with Gasteiger partial charge in [-0.25, -0.2) is 0 Å². The van der Waals surface area contributed by atoms with Crippen LogP contribution in [0.5, 0.6) is 0 Å². The average molecular weight is 236 g/mol. The minimum Gasteiger partial charge on any atom is -0.298 e. The summed E-state index contributed by atoms with van der Waals surface area (Å²) in [6, 6.07) is 2.57. The van der Waals surface area contributed by atoms with Gasteiger partial charge in [0.05, 0.1) is 10.6 Å². The number of halogens is 4. The number of rotatable bonds is 0. The van der Waals surface area contributed by atoms with Crippen LogP contribution in [0.1, 0.15) is 16.7 Å². The Bertz CT molecular complexity index is 400. The van der Waals surface area contributed by atoms with Crippen LogP contribution in [0.2, 0.25) is 5.02 Å². The molecule has 1 aromatic carbocycles. The summed E-state index contributed by atoms with van der Waals surface area (Å²) < 4.78 is 37.5. The topological polar surface area (TPSA) is 3.24 Å². The van der Waals surface area contributed by atoms with Crippen molar-refractivity contribution in [1.82, 2.24) is 4.90 Å². The maximum atomic E-state index is 12.5. The summed E-state index contributed by atoms with van der Waals surface area (Å²) in [5, 5.41) is -0.212. The van der Waals surface area contributed by atoms with Crippen molar-refractivity contribution in [2.24, 2.45) is 0 Å². The Morgan fingerprint density at radius 3 is 2.27 bits per heavy atom. The van der Waals surface area contributed by atoms with Gasteiger partial charge in [0.2, 0.25) is 0 Å². The summed E-state index contributed by atoms with van der Waals surface area (Å²) in [4.78, 5) is 1.95. The molecule has 1 aromatic rings. The van der Waals surface area contributed by atoms with Crippen molar-refractivity contribution >= 4 is 11.6 Å². The molecule has 0 saturated carbocycles. The van der Waals surface area contributed by atoms with Crippen molar-refractivity contribution in [3.63, 3.8) is 0 Å². The second-order valence-corrected chi connectivity index (χ2v) is 4.18. The number of fused-ring (bicyclic) bond motifs is 1. The van der Waals surface area contributed by atoms with Crippen LogP contribution >= 0.6 is 11.6 Å². The van der Waals surface area contributed by atoms with Crippen LogP contribution in [0.25, 0.3) is 0 Å². The van der Waals surface area contributed by atoms with Gasteiger partial charge >= 0.3 is 6.18 Å². The van der Waals surface area contributed by atoms with Gasteiger partial charge in [0.15, 0.2) is 0 Å². The average Bonchev–Trinajstić information content (AvgIpc) is 2.40. The Balaban J connectivity index is 2.49. The zero-order valence-corrected chi connectivity index (χ0v) is 8.78. The Labute approximate surface area is 90.4 Å². The van der Waals surface area contributed by atoms with E-state index in [0.29, 0.717) is 18.7 Å². The van der Waals surface area contributed by atoms with E-state index >= 15 is 0 Å². The Morgan fingerprint density at radius 1 is 1.20 bits per heavy atom. The predicted molar refractivity (Wildman–Crippen MR) is 51.6 cm³/mol. The van der Waals surface area contributed by atoms with Gasteiger partial charge in [0, 0.05) is 13.1 Å². The van der Waals surface area contributed by atoms with Crippen molar-refractivity contribution in [1.29, 1.82) is 0 Å². The highest BCUT2D eigenvalue weighted by Crippen LogP contribution is 2.38. The molecule has 2 rings (SSSR count). The van der Waals surface area contributed by atoms with Gasteiger partial charge < -0.3 is 0 Å². The monoisotopic (exact) mass is 235 g/mol. The molecule has 0 amide bonds. The lowest BCUT2D eigenvalue weighted by atomic mass is 10.1. The fraction of sp³-hybridized carbons (Fsp3) is 0.400. The third-order valence-electron chi connectivity index (χ3n) is 2.48. The van der Waals surface area contributed by atoms with Gasteiger partial charge in [-0.15, -0.1) is 0 Å². The van der Waals surface area contributed by atoms with E-state index in [2.05, 4.69) is 0 Å². The quantitative estimate of drug-likeness (QED) is 0.667. The van der Waals surface area contributed by atoms with Crippen LogP contribution in [0.4, 0.5) is 13.2 Å². The number of alkyl halides is 3. The molecule has 0 aliphatic carbocycles. The maximum absolute atomic E-state index is 12.5.